The van der Waals surface area contributed by atoms with Crippen molar-refractivity contribution in [1.29, 1.82) is 0 Å². The monoisotopic (exact) mass is 277 g/mol. The second-order valence-corrected chi connectivity index (χ2v) is 4.78. The Morgan fingerprint density at radius 3 is 2.56 bits per heavy atom. The molecule has 2 heteroatoms. The summed E-state index contributed by atoms with van der Waals surface area (Å²) in [4.78, 5) is 0. The molecule has 0 saturated carbocycles. The van der Waals surface area contributed by atoms with Gasteiger partial charge in [0.25, 0.3) is 0 Å². The molecule has 0 aliphatic rings. The summed E-state index contributed by atoms with van der Waals surface area (Å²) in [6.07, 6.45) is 2.44. The minimum absolute atomic E-state index is 1.04. The predicted octanol–water partition coefficient (Wildman–Crippen LogP) is 4.81. The number of hydrogen-bond acceptors (Lipinski definition) is 1. The Balaban J connectivity index is 2.35. The van der Waals surface area contributed by atoms with Crippen molar-refractivity contribution in [3.05, 3.63) is 40.9 Å². The van der Waals surface area contributed by atoms with Crippen LogP contribution in [0.5, 0.6) is 0 Å². The molecule has 0 atom stereocenters. The van der Waals surface area contributed by atoms with Crippen LogP contribution in [0.1, 0.15) is 19.8 Å². The summed E-state index contributed by atoms with van der Waals surface area (Å²) in [5, 5.41) is 6.05. The summed E-state index contributed by atoms with van der Waals surface area (Å²) in [5.41, 5.74) is 1.23. The molecule has 0 spiro atoms. The minimum Gasteiger partial charge on any atom is -0.385 e. The molecule has 0 amide bonds. The molecule has 0 saturated heterocycles. The molecule has 1 N–H and O–H groups in total. The van der Waals surface area contributed by atoms with Gasteiger partial charge in [0.15, 0.2) is 0 Å². The van der Waals surface area contributed by atoms with E-state index in [-0.39, 0.29) is 0 Å². The first-order valence-corrected chi connectivity index (χ1v) is 6.53. The van der Waals surface area contributed by atoms with Crippen molar-refractivity contribution in [2.45, 2.75) is 19.8 Å². The Morgan fingerprint density at radius 1 is 1.06 bits per heavy atom. The highest BCUT2D eigenvalue weighted by Gasteiger charge is 2.02. The summed E-state index contributed by atoms with van der Waals surface area (Å²) in [6.45, 7) is 3.25. The molecule has 2 aromatic carbocycles. The number of halogens is 1. The molecular formula is C14H16BrN. The minimum atomic E-state index is 1.04. The second kappa shape index (κ2) is 5.35. The van der Waals surface area contributed by atoms with Crippen molar-refractivity contribution in [2.75, 3.05) is 11.9 Å². The zero-order chi connectivity index (χ0) is 11.4. The molecule has 2 aromatic rings. The van der Waals surface area contributed by atoms with Gasteiger partial charge in [-0.1, -0.05) is 53.5 Å². The van der Waals surface area contributed by atoms with E-state index in [1.54, 1.807) is 0 Å². The first-order chi connectivity index (χ1) is 7.83. The van der Waals surface area contributed by atoms with Gasteiger partial charge in [0, 0.05) is 22.1 Å². The lowest BCUT2D eigenvalue weighted by Crippen LogP contribution is -2.01. The largest absolute Gasteiger partial charge is 0.385 e. The fourth-order valence-electron chi connectivity index (χ4n) is 1.82. The van der Waals surface area contributed by atoms with Gasteiger partial charge >= 0.3 is 0 Å². The summed E-state index contributed by atoms with van der Waals surface area (Å²) in [6, 6.07) is 12.7. The lowest BCUT2D eigenvalue weighted by atomic mass is 10.1. The first kappa shape index (κ1) is 11.5. The zero-order valence-electron chi connectivity index (χ0n) is 9.46. The van der Waals surface area contributed by atoms with Gasteiger partial charge in [-0.15, -0.1) is 0 Å². The third-order valence-corrected chi connectivity index (χ3v) is 3.41. The molecule has 0 aliphatic heterocycles. The van der Waals surface area contributed by atoms with Gasteiger partial charge < -0.3 is 5.32 Å². The SMILES string of the molecule is CCCCNc1ccc(Br)c2ccccc12. The van der Waals surface area contributed by atoms with E-state index in [0.29, 0.717) is 0 Å². The quantitative estimate of drug-likeness (QED) is 0.791. The fourth-order valence-corrected chi connectivity index (χ4v) is 2.29. The van der Waals surface area contributed by atoms with E-state index in [1.165, 1.54) is 29.3 Å². The van der Waals surface area contributed by atoms with Gasteiger partial charge in [0.05, 0.1) is 0 Å². The lowest BCUT2D eigenvalue weighted by Gasteiger charge is -2.10. The van der Waals surface area contributed by atoms with Crippen LogP contribution in [0.2, 0.25) is 0 Å². The Bertz CT molecular complexity index is 479. The maximum atomic E-state index is 3.59. The Hall–Kier alpha value is -1.02. The van der Waals surface area contributed by atoms with Gasteiger partial charge in [0.1, 0.15) is 0 Å². The number of hydrogen-bond donors (Lipinski definition) is 1. The van der Waals surface area contributed by atoms with E-state index in [2.05, 4.69) is 64.6 Å². The molecule has 0 fully saturated rings. The molecule has 0 aromatic heterocycles. The molecule has 1 nitrogen and oxygen atoms in total. The van der Waals surface area contributed by atoms with E-state index in [1.807, 2.05) is 0 Å². The van der Waals surface area contributed by atoms with Crippen LogP contribution in [0.4, 0.5) is 5.69 Å². The standard InChI is InChI=1S/C14H16BrN/c1-2-3-10-16-14-9-8-13(15)11-6-4-5-7-12(11)14/h4-9,16H,2-3,10H2,1H3. The van der Waals surface area contributed by atoms with Gasteiger partial charge in [-0.25, -0.2) is 0 Å². The van der Waals surface area contributed by atoms with Gasteiger partial charge in [-0.2, -0.15) is 0 Å². The topological polar surface area (TPSA) is 12.0 Å². The first-order valence-electron chi connectivity index (χ1n) is 5.74. The van der Waals surface area contributed by atoms with Crippen LogP contribution in [0, 0.1) is 0 Å². The highest BCUT2D eigenvalue weighted by atomic mass is 79.9. The maximum absolute atomic E-state index is 3.59. The van der Waals surface area contributed by atoms with Gasteiger partial charge in [-0.3, -0.25) is 0 Å². The van der Waals surface area contributed by atoms with Crippen LogP contribution in [-0.4, -0.2) is 6.54 Å². The van der Waals surface area contributed by atoms with Crippen LogP contribution in [0.3, 0.4) is 0 Å². The summed E-state index contributed by atoms with van der Waals surface area (Å²) in [7, 11) is 0. The molecular weight excluding hydrogens is 262 g/mol. The molecule has 0 radical (unpaired) electrons. The number of unbranched alkanes of at least 4 members (excludes halogenated alkanes) is 1. The van der Waals surface area contributed by atoms with E-state index < -0.39 is 0 Å². The Morgan fingerprint density at radius 2 is 1.81 bits per heavy atom. The third-order valence-electron chi connectivity index (χ3n) is 2.72. The number of rotatable bonds is 4. The molecule has 0 bridgehead atoms. The second-order valence-electron chi connectivity index (χ2n) is 3.92. The normalized spacial score (nSPS) is 10.6. The molecule has 84 valence electrons. The predicted molar refractivity (Wildman–Crippen MR) is 75.0 cm³/mol. The molecule has 2 rings (SSSR count). The average molecular weight is 278 g/mol. The number of benzene rings is 2. The van der Waals surface area contributed by atoms with Crippen LogP contribution < -0.4 is 5.32 Å². The van der Waals surface area contributed by atoms with E-state index >= 15 is 0 Å². The molecule has 0 unspecified atom stereocenters. The van der Waals surface area contributed by atoms with Crippen LogP contribution >= 0.6 is 15.9 Å². The molecule has 0 aliphatic carbocycles. The lowest BCUT2D eigenvalue weighted by molar-refractivity contribution is 0.835. The number of fused-ring (bicyclic) bond motifs is 1. The van der Waals surface area contributed by atoms with Crippen LogP contribution in [0.15, 0.2) is 40.9 Å². The highest BCUT2D eigenvalue weighted by molar-refractivity contribution is 9.10. The van der Waals surface area contributed by atoms with Gasteiger partial charge in [-0.05, 0) is 23.9 Å². The number of nitrogens with one attached hydrogen (secondary N) is 1. The maximum Gasteiger partial charge on any atom is 0.0420 e. The van der Waals surface area contributed by atoms with Crippen molar-refractivity contribution in [3.63, 3.8) is 0 Å². The van der Waals surface area contributed by atoms with Crippen molar-refractivity contribution < 1.29 is 0 Å². The highest BCUT2D eigenvalue weighted by Crippen LogP contribution is 2.29. The average Bonchev–Trinajstić information content (AvgIpc) is 2.33. The van der Waals surface area contributed by atoms with Crippen LogP contribution in [-0.2, 0) is 0 Å². The summed E-state index contributed by atoms with van der Waals surface area (Å²) >= 11 is 3.59. The van der Waals surface area contributed by atoms with Crippen LogP contribution in [0.25, 0.3) is 10.8 Å². The van der Waals surface area contributed by atoms with E-state index in [0.717, 1.165) is 11.0 Å². The Kier molecular flexibility index (Phi) is 3.83. The van der Waals surface area contributed by atoms with Gasteiger partial charge in [0.2, 0.25) is 0 Å². The zero-order valence-corrected chi connectivity index (χ0v) is 11.0. The summed E-state index contributed by atoms with van der Waals surface area (Å²) < 4.78 is 1.16. The van der Waals surface area contributed by atoms with Crippen molar-refractivity contribution in [1.82, 2.24) is 0 Å². The van der Waals surface area contributed by atoms with E-state index in [9.17, 15) is 0 Å². The van der Waals surface area contributed by atoms with E-state index in [4.69, 9.17) is 0 Å². The third kappa shape index (κ3) is 2.38. The Labute approximate surface area is 105 Å². The number of anilines is 1. The van der Waals surface area contributed by atoms with Crippen molar-refractivity contribution >= 4 is 32.4 Å². The van der Waals surface area contributed by atoms with Crippen molar-refractivity contribution in [3.8, 4) is 0 Å². The molecule has 0 heterocycles. The molecule has 16 heavy (non-hydrogen) atoms. The fraction of sp³-hybridized carbons (Fsp3) is 0.286. The smallest absolute Gasteiger partial charge is 0.0420 e. The summed E-state index contributed by atoms with van der Waals surface area (Å²) in [5.74, 6) is 0. The van der Waals surface area contributed by atoms with Crippen molar-refractivity contribution in [2.24, 2.45) is 0 Å².